The highest BCUT2D eigenvalue weighted by atomic mass is 16.5. The Morgan fingerprint density at radius 1 is 1.00 bits per heavy atom. The van der Waals surface area contributed by atoms with Gasteiger partial charge in [-0.1, -0.05) is 29.4 Å². The maximum Gasteiger partial charge on any atom is 0.259 e. The van der Waals surface area contributed by atoms with Gasteiger partial charge in [0.15, 0.2) is 0 Å². The van der Waals surface area contributed by atoms with E-state index >= 15 is 0 Å². The van der Waals surface area contributed by atoms with Gasteiger partial charge in [0, 0.05) is 16.5 Å². The van der Waals surface area contributed by atoms with E-state index in [1.54, 1.807) is 18.3 Å². The van der Waals surface area contributed by atoms with Crippen molar-refractivity contribution in [3.8, 4) is 11.1 Å². The van der Waals surface area contributed by atoms with Crippen molar-refractivity contribution in [2.75, 3.05) is 0 Å². The number of hydrogen-bond acceptors (Lipinski definition) is 4. The molecule has 0 bridgehead atoms. The Morgan fingerprint density at radius 3 is 2.70 bits per heavy atom. The van der Waals surface area contributed by atoms with Crippen LogP contribution in [0.15, 0.2) is 47.3 Å². The molecule has 0 saturated carbocycles. The van der Waals surface area contributed by atoms with E-state index < -0.39 is 5.91 Å². The standard InChI is InChI=1S/C15H8N2O3/c18-14-11-3-1-2-8-4-5-10(9-6-16-20-7-9)13(12(8)11)15(19)17-14/h1-7H,(H,17,18,19). The van der Waals surface area contributed by atoms with Crippen LogP contribution in [0.25, 0.3) is 21.9 Å². The summed E-state index contributed by atoms with van der Waals surface area (Å²) in [5, 5.41) is 7.57. The Hall–Kier alpha value is -2.95. The average molecular weight is 264 g/mol. The third kappa shape index (κ3) is 1.34. The van der Waals surface area contributed by atoms with E-state index in [4.69, 9.17) is 4.52 Å². The molecule has 1 aliphatic heterocycles. The highest BCUT2D eigenvalue weighted by Crippen LogP contribution is 2.34. The summed E-state index contributed by atoms with van der Waals surface area (Å²) in [6, 6.07) is 9.12. The van der Waals surface area contributed by atoms with E-state index in [-0.39, 0.29) is 5.91 Å². The number of nitrogens with one attached hydrogen (secondary N) is 1. The second-order valence-corrected chi connectivity index (χ2v) is 4.59. The first-order chi connectivity index (χ1) is 9.75. The number of imide groups is 1. The van der Waals surface area contributed by atoms with Crippen LogP contribution in [0.2, 0.25) is 0 Å². The molecule has 20 heavy (non-hydrogen) atoms. The van der Waals surface area contributed by atoms with Crippen molar-refractivity contribution in [3.05, 3.63) is 53.9 Å². The van der Waals surface area contributed by atoms with E-state index in [9.17, 15) is 9.59 Å². The van der Waals surface area contributed by atoms with Crippen LogP contribution in [-0.4, -0.2) is 17.0 Å². The Bertz CT molecular complexity index is 866. The van der Waals surface area contributed by atoms with Crippen LogP contribution in [-0.2, 0) is 0 Å². The van der Waals surface area contributed by atoms with E-state index in [0.29, 0.717) is 27.6 Å². The zero-order chi connectivity index (χ0) is 13.7. The SMILES string of the molecule is O=C1NC(=O)c2c(-c3cnoc3)ccc3cccc1c23. The summed E-state index contributed by atoms with van der Waals surface area (Å²) in [7, 11) is 0. The number of carbonyl (C=O) groups is 2. The molecular formula is C15H8N2O3. The first kappa shape index (κ1) is 10.9. The third-order valence-electron chi connectivity index (χ3n) is 3.49. The van der Waals surface area contributed by atoms with Crippen LogP contribution >= 0.6 is 0 Å². The molecule has 0 unspecified atom stereocenters. The summed E-state index contributed by atoms with van der Waals surface area (Å²) in [5.41, 5.74) is 2.41. The predicted molar refractivity (Wildman–Crippen MR) is 71.2 cm³/mol. The minimum absolute atomic E-state index is 0.365. The van der Waals surface area contributed by atoms with Crippen LogP contribution in [0.5, 0.6) is 0 Å². The Kier molecular flexibility index (Phi) is 2.06. The smallest absolute Gasteiger partial charge is 0.259 e. The highest BCUT2D eigenvalue weighted by Gasteiger charge is 2.27. The quantitative estimate of drug-likeness (QED) is 0.685. The van der Waals surface area contributed by atoms with Crippen LogP contribution in [0.4, 0.5) is 0 Å². The van der Waals surface area contributed by atoms with Gasteiger partial charge in [0.1, 0.15) is 6.26 Å². The first-order valence-corrected chi connectivity index (χ1v) is 6.07. The largest absolute Gasteiger partial charge is 0.364 e. The highest BCUT2D eigenvalue weighted by molar-refractivity contribution is 6.27. The monoisotopic (exact) mass is 264 g/mol. The van der Waals surface area contributed by atoms with Crippen LogP contribution in [0.3, 0.4) is 0 Å². The predicted octanol–water partition coefficient (Wildman–Crippen LogP) is 2.38. The number of carbonyl (C=O) groups excluding carboxylic acids is 2. The lowest BCUT2D eigenvalue weighted by Crippen LogP contribution is -2.35. The molecule has 4 rings (SSSR count). The fourth-order valence-electron chi connectivity index (χ4n) is 2.62. The molecule has 5 nitrogen and oxygen atoms in total. The Morgan fingerprint density at radius 2 is 1.90 bits per heavy atom. The molecule has 0 fully saturated rings. The van der Waals surface area contributed by atoms with Crippen LogP contribution < -0.4 is 5.32 Å². The molecule has 1 N–H and O–H groups in total. The molecule has 96 valence electrons. The third-order valence-corrected chi connectivity index (χ3v) is 3.49. The lowest BCUT2D eigenvalue weighted by atomic mass is 9.90. The molecular weight excluding hydrogens is 256 g/mol. The maximum atomic E-state index is 12.2. The summed E-state index contributed by atoms with van der Waals surface area (Å²) >= 11 is 0. The molecule has 3 aromatic rings. The van der Waals surface area contributed by atoms with Gasteiger partial charge in [-0.05, 0) is 17.0 Å². The number of aromatic nitrogens is 1. The fourth-order valence-corrected chi connectivity index (χ4v) is 2.62. The van der Waals surface area contributed by atoms with E-state index in [1.165, 1.54) is 6.26 Å². The summed E-state index contributed by atoms with van der Waals surface area (Å²) in [4.78, 5) is 24.1. The number of benzene rings is 2. The minimum atomic E-state index is -0.393. The van der Waals surface area contributed by atoms with Gasteiger partial charge in [-0.15, -0.1) is 0 Å². The normalized spacial score (nSPS) is 13.6. The molecule has 0 aliphatic carbocycles. The van der Waals surface area contributed by atoms with Crippen LogP contribution in [0, 0.1) is 0 Å². The zero-order valence-electron chi connectivity index (χ0n) is 10.2. The van der Waals surface area contributed by atoms with Crippen molar-refractivity contribution in [2.45, 2.75) is 0 Å². The van der Waals surface area contributed by atoms with Gasteiger partial charge in [0.25, 0.3) is 11.8 Å². The van der Waals surface area contributed by atoms with Crippen molar-refractivity contribution in [3.63, 3.8) is 0 Å². The molecule has 5 heteroatoms. The molecule has 2 amide bonds. The summed E-state index contributed by atoms with van der Waals surface area (Å²) in [6.07, 6.45) is 3.02. The van der Waals surface area contributed by atoms with Crippen molar-refractivity contribution < 1.29 is 14.1 Å². The summed E-state index contributed by atoms with van der Waals surface area (Å²) in [6.45, 7) is 0. The van der Waals surface area contributed by atoms with Gasteiger partial charge >= 0.3 is 0 Å². The summed E-state index contributed by atoms with van der Waals surface area (Å²) < 4.78 is 4.84. The number of amides is 2. The summed E-state index contributed by atoms with van der Waals surface area (Å²) in [5.74, 6) is -0.758. The van der Waals surface area contributed by atoms with Crippen LogP contribution in [0.1, 0.15) is 20.7 Å². The van der Waals surface area contributed by atoms with Crippen molar-refractivity contribution in [1.82, 2.24) is 10.5 Å². The van der Waals surface area contributed by atoms with Gasteiger partial charge in [-0.2, -0.15) is 0 Å². The molecule has 0 atom stereocenters. The van der Waals surface area contributed by atoms with Crippen molar-refractivity contribution in [2.24, 2.45) is 0 Å². The lowest BCUT2D eigenvalue weighted by Gasteiger charge is -2.18. The zero-order valence-corrected chi connectivity index (χ0v) is 10.2. The van der Waals surface area contributed by atoms with Gasteiger partial charge in [0.2, 0.25) is 0 Å². The topological polar surface area (TPSA) is 72.2 Å². The molecule has 1 aliphatic rings. The molecule has 0 saturated heterocycles. The second-order valence-electron chi connectivity index (χ2n) is 4.59. The van der Waals surface area contributed by atoms with Crippen molar-refractivity contribution >= 4 is 22.6 Å². The number of hydrogen-bond donors (Lipinski definition) is 1. The number of rotatable bonds is 1. The van der Waals surface area contributed by atoms with Gasteiger partial charge < -0.3 is 4.52 Å². The van der Waals surface area contributed by atoms with Crippen molar-refractivity contribution in [1.29, 1.82) is 0 Å². The van der Waals surface area contributed by atoms with Gasteiger partial charge in [-0.25, -0.2) is 0 Å². The second kappa shape index (κ2) is 3.77. The fraction of sp³-hybridized carbons (Fsp3) is 0. The van der Waals surface area contributed by atoms with Gasteiger partial charge in [-0.3, -0.25) is 14.9 Å². The average Bonchev–Trinajstić information content (AvgIpc) is 2.98. The minimum Gasteiger partial charge on any atom is -0.364 e. The molecule has 2 heterocycles. The maximum absolute atomic E-state index is 12.2. The molecule has 2 aromatic carbocycles. The first-order valence-electron chi connectivity index (χ1n) is 6.07. The molecule has 1 aromatic heterocycles. The lowest BCUT2D eigenvalue weighted by molar-refractivity contribution is 0.0845. The number of nitrogens with zero attached hydrogens (tertiary/aromatic N) is 1. The van der Waals surface area contributed by atoms with E-state index in [0.717, 1.165) is 5.39 Å². The Labute approximate surface area is 113 Å². The molecule has 0 spiro atoms. The van der Waals surface area contributed by atoms with Gasteiger partial charge in [0.05, 0.1) is 11.8 Å². The molecule has 0 radical (unpaired) electrons. The van der Waals surface area contributed by atoms with E-state index in [1.807, 2.05) is 18.2 Å². The Balaban J connectivity index is 2.18. The van der Waals surface area contributed by atoms with E-state index in [2.05, 4.69) is 10.5 Å².